The average molecular weight is 502 g/mol. The molecule has 0 spiro atoms. The molecule has 3 aromatic heterocycles. The van der Waals surface area contributed by atoms with E-state index in [1.54, 1.807) is 12.3 Å². The van der Waals surface area contributed by atoms with Gasteiger partial charge in [0.05, 0.1) is 23.3 Å². The van der Waals surface area contributed by atoms with E-state index in [4.69, 9.17) is 5.10 Å². The number of hydrogen-bond acceptors (Lipinski definition) is 5. The number of pyridine rings is 1. The number of aromatic nitrogens is 4. The van der Waals surface area contributed by atoms with Gasteiger partial charge in [-0.15, -0.1) is 0 Å². The number of amides is 1. The Labute approximate surface area is 217 Å². The number of H-pyrrole nitrogens is 1. The van der Waals surface area contributed by atoms with Crippen molar-refractivity contribution in [2.24, 2.45) is 0 Å². The van der Waals surface area contributed by atoms with Crippen LogP contribution in [0.15, 0.2) is 102 Å². The minimum absolute atomic E-state index is 0.0488. The van der Waals surface area contributed by atoms with Gasteiger partial charge >= 0.3 is 0 Å². The van der Waals surface area contributed by atoms with Crippen molar-refractivity contribution < 1.29 is 9.90 Å². The van der Waals surface area contributed by atoms with Gasteiger partial charge in [-0.2, -0.15) is 9.61 Å². The molecule has 38 heavy (non-hydrogen) atoms. The van der Waals surface area contributed by atoms with Crippen molar-refractivity contribution in [2.75, 3.05) is 13.2 Å². The van der Waals surface area contributed by atoms with Gasteiger partial charge in [-0.05, 0) is 29.3 Å². The van der Waals surface area contributed by atoms with Crippen LogP contribution in [0.5, 0.6) is 0 Å². The molecule has 3 aromatic carbocycles. The second-order valence-corrected chi connectivity index (χ2v) is 8.79. The Bertz CT molecular complexity index is 1840. The summed E-state index contributed by atoms with van der Waals surface area (Å²) in [5.74, 6) is -0.499. The Hall–Kier alpha value is -5.08. The summed E-state index contributed by atoms with van der Waals surface area (Å²) in [5, 5.41) is 17.6. The molecule has 186 valence electrons. The van der Waals surface area contributed by atoms with Crippen LogP contribution in [-0.2, 0) is 0 Å². The number of aromatic amines is 1. The fourth-order valence-corrected chi connectivity index (χ4v) is 4.68. The first-order valence-corrected chi connectivity index (χ1v) is 12.2. The van der Waals surface area contributed by atoms with Crippen LogP contribution < -0.4 is 10.9 Å². The molecule has 0 aliphatic rings. The van der Waals surface area contributed by atoms with Crippen LogP contribution in [0.3, 0.4) is 0 Å². The van der Waals surface area contributed by atoms with Crippen molar-refractivity contribution >= 4 is 22.5 Å². The molecule has 0 saturated carbocycles. The number of rotatable bonds is 6. The standard InChI is InChI=1S/C30H23N5O3/c36-17-16-32-29(37)27-25(22-13-14-23-21(18-22)12-7-15-31-23)30(38)35-28(33-27)24(19-8-3-1-4-9-19)26(34-35)20-10-5-2-6-11-20/h1-15,18,33,36H,16-17H2,(H,32,37). The first-order chi connectivity index (χ1) is 18.7. The van der Waals surface area contributed by atoms with Crippen LogP contribution in [0, 0.1) is 0 Å². The fourth-order valence-electron chi connectivity index (χ4n) is 4.68. The van der Waals surface area contributed by atoms with Crippen LogP contribution in [-0.4, -0.2) is 43.7 Å². The van der Waals surface area contributed by atoms with E-state index >= 15 is 0 Å². The summed E-state index contributed by atoms with van der Waals surface area (Å²) in [6.45, 7) is -0.178. The molecule has 8 heteroatoms. The Morgan fingerprint density at radius 1 is 0.868 bits per heavy atom. The van der Waals surface area contributed by atoms with Crippen molar-refractivity contribution in [1.82, 2.24) is 24.9 Å². The molecule has 0 atom stereocenters. The number of fused-ring (bicyclic) bond motifs is 2. The zero-order valence-corrected chi connectivity index (χ0v) is 20.3. The van der Waals surface area contributed by atoms with E-state index in [-0.39, 0.29) is 24.4 Å². The van der Waals surface area contributed by atoms with Gasteiger partial charge in [0.25, 0.3) is 11.5 Å². The smallest absolute Gasteiger partial charge is 0.283 e. The number of nitrogens with zero attached hydrogens (tertiary/aromatic N) is 3. The molecule has 0 saturated heterocycles. The highest BCUT2D eigenvalue weighted by Crippen LogP contribution is 2.35. The molecule has 0 bridgehead atoms. The second kappa shape index (κ2) is 9.76. The van der Waals surface area contributed by atoms with Gasteiger partial charge in [0.1, 0.15) is 17.0 Å². The van der Waals surface area contributed by atoms with Crippen molar-refractivity contribution in [1.29, 1.82) is 0 Å². The molecule has 0 fully saturated rings. The molecule has 3 heterocycles. The highest BCUT2D eigenvalue weighted by Gasteiger charge is 2.25. The number of carbonyl (C=O) groups excluding carboxylic acids is 1. The van der Waals surface area contributed by atoms with Gasteiger partial charge in [0, 0.05) is 23.7 Å². The highest BCUT2D eigenvalue weighted by molar-refractivity contribution is 6.01. The highest BCUT2D eigenvalue weighted by atomic mass is 16.3. The number of nitrogens with one attached hydrogen (secondary N) is 2. The summed E-state index contributed by atoms with van der Waals surface area (Å²) < 4.78 is 1.33. The van der Waals surface area contributed by atoms with E-state index in [1.165, 1.54) is 4.52 Å². The Morgan fingerprint density at radius 2 is 1.61 bits per heavy atom. The summed E-state index contributed by atoms with van der Waals surface area (Å²) >= 11 is 0. The van der Waals surface area contributed by atoms with Gasteiger partial charge in [-0.25, -0.2) is 0 Å². The van der Waals surface area contributed by atoms with Gasteiger partial charge in [-0.3, -0.25) is 14.6 Å². The number of carbonyl (C=O) groups is 1. The summed E-state index contributed by atoms with van der Waals surface area (Å²) in [7, 11) is 0. The lowest BCUT2D eigenvalue weighted by molar-refractivity contribution is 0.0940. The third kappa shape index (κ3) is 4.03. The quantitative estimate of drug-likeness (QED) is 0.315. The van der Waals surface area contributed by atoms with E-state index in [2.05, 4.69) is 15.3 Å². The first-order valence-electron chi connectivity index (χ1n) is 12.2. The van der Waals surface area contributed by atoms with Crippen molar-refractivity contribution in [3.05, 3.63) is 113 Å². The van der Waals surface area contributed by atoms with Crippen LogP contribution in [0.2, 0.25) is 0 Å². The fraction of sp³-hybridized carbons (Fsp3) is 0.0667. The van der Waals surface area contributed by atoms with E-state index in [9.17, 15) is 14.7 Å². The van der Waals surface area contributed by atoms with Crippen molar-refractivity contribution in [3.63, 3.8) is 0 Å². The molecule has 0 unspecified atom stereocenters. The predicted octanol–water partition coefficient (Wildman–Crippen LogP) is 4.29. The molecule has 8 nitrogen and oxygen atoms in total. The van der Waals surface area contributed by atoms with Gasteiger partial charge in [0.2, 0.25) is 0 Å². The number of aliphatic hydroxyl groups excluding tert-OH is 1. The maximum atomic E-state index is 14.1. The minimum Gasteiger partial charge on any atom is -0.395 e. The topological polar surface area (TPSA) is 112 Å². The molecular weight excluding hydrogens is 478 g/mol. The maximum absolute atomic E-state index is 14.1. The van der Waals surface area contributed by atoms with Gasteiger partial charge < -0.3 is 15.4 Å². The second-order valence-electron chi connectivity index (χ2n) is 8.79. The molecule has 0 aliphatic heterocycles. The lowest BCUT2D eigenvalue weighted by atomic mass is 10.00. The van der Waals surface area contributed by atoms with E-state index in [0.29, 0.717) is 22.5 Å². The maximum Gasteiger partial charge on any atom is 0.283 e. The van der Waals surface area contributed by atoms with Crippen LogP contribution >= 0.6 is 0 Å². The van der Waals surface area contributed by atoms with Crippen LogP contribution in [0.4, 0.5) is 0 Å². The lowest BCUT2D eigenvalue weighted by Gasteiger charge is -2.12. The van der Waals surface area contributed by atoms with E-state index in [0.717, 1.165) is 22.0 Å². The third-order valence-corrected chi connectivity index (χ3v) is 6.41. The molecule has 0 aliphatic carbocycles. The van der Waals surface area contributed by atoms with Gasteiger partial charge in [-0.1, -0.05) is 72.8 Å². The van der Waals surface area contributed by atoms with E-state index in [1.807, 2.05) is 84.9 Å². The Morgan fingerprint density at radius 3 is 2.34 bits per heavy atom. The normalized spacial score (nSPS) is 11.2. The molecule has 6 aromatic rings. The Kier molecular flexibility index (Phi) is 5.99. The summed E-state index contributed by atoms with van der Waals surface area (Å²) in [6.07, 6.45) is 1.70. The minimum atomic E-state index is -0.499. The van der Waals surface area contributed by atoms with Crippen molar-refractivity contribution in [2.45, 2.75) is 0 Å². The molecule has 0 radical (unpaired) electrons. The zero-order valence-electron chi connectivity index (χ0n) is 20.3. The average Bonchev–Trinajstić information content (AvgIpc) is 3.36. The lowest BCUT2D eigenvalue weighted by Crippen LogP contribution is -2.31. The number of hydrogen-bond donors (Lipinski definition) is 3. The zero-order chi connectivity index (χ0) is 26.1. The number of benzene rings is 3. The summed E-state index contributed by atoms with van der Waals surface area (Å²) in [5.41, 5.74) is 4.59. The predicted molar refractivity (Wildman–Crippen MR) is 147 cm³/mol. The third-order valence-electron chi connectivity index (χ3n) is 6.41. The molecule has 1 amide bonds. The molecular formula is C30H23N5O3. The largest absolute Gasteiger partial charge is 0.395 e. The molecule has 6 rings (SSSR count). The van der Waals surface area contributed by atoms with E-state index < -0.39 is 11.5 Å². The molecule has 3 N–H and O–H groups in total. The summed E-state index contributed by atoms with van der Waals surface area (Å²) in [4.78, 5) is 35.1. The van der Waals surface area contributed by atoms with Crippen LogP contribution in [0.1, 0.15) is 10.5 Å². The first kappa shape index (κ1) is 23.3. The van der Waals surface area contributed by atoms with Gasteiger partial charge in [0.15, 0.2) is 0 Å². The SMILES string of the molecule is O=C(NCCO)c1[nH]c2c(-c3ccccc3)c(-c3ccccc3)nn2c(=O)c1-c1ccc2ncccc2c1. The number of aliphatic hydroxyl groups is 1. The van der Waals surface area contributed by atoms with Crippen LogP contribution in [0.25, 0.3) is 50.1 Å². The monoisotopic (exact) mass is 501 g/mol. The Balaban J connectivity index is 1.69. The van der Waals surface area contributed by atoms with Crippen molar-refractivity contribution in [3.8, 4) is 33.5 Å². The summed E-state index contributed by atoms with van der Waals surface area (Å²) in [6, 6.07) is 28.4.